The van der Waals surface area contributed by atoms with Crippen molar-refractivity contribution in [1.29, 1.82) is 0 Å². The Bertz CT molecular complexity index is 781. The number of nitrogens with one attached hydrogen (secondary N) is 2. The maximum absolute atomic E-state index is 12.7. The maximum Gasteiger partial charge on any atom is 0.317 e. The van der Waals surface area contributed by atoms with Gasteiger partial charge in [-0.2, -0.15) is 0 Å². The number of hydrogen-bond donors (Lipinski definition) is 3. The van der Waals surface area contributed by atoms with Crippen LogP contribution in [0, 0.1) is 11.8 Å². The zero-order valence-corrected chi connectivity index (χ0v) is 16.4. The Hall–Kier alpha value is -2.77. The summed E-state index contributed by atoms with van der Waals surface area (Å²) in [5, 5.41) is 15.0. The van der Waals surface area contributed by atoms with Gasteiger partial charge >= 0.3 is 12.0 Å². The molecule has 2 heterocycles. The highest BCUT2D eigenvalue weighted by molar-refractivity contribution is 5.97. The van der Waals surface area contributed by atoms with Crippen LogP contribution in [0.15, 0.2) is 18.2 Å². The lowest BCUT2D eigenvalue weighted by Crippen LogP contribution is -2.49. The summed E-state index contributed by atoms with van der Waals surface area (Å²) in [7, 11) is 0. The lowest BCUT2D eigenvalue weighted by Gasteiger charge is -2.35. The Morgan fingerprint density at radius 2 is 2.14 bits per heavy atom. The Balaban J connectivity index is 1.68. The quantitative estimate of drug-likeness (QED) is 0.734. The van der Waals surface area contributed by atoms with Crippen molar-refractivity contribution in [2.75, 3.05) is 18.4 Å². The van der Waals surface area contributed by atoms with Crippen LogP contribution < -0.4 is 15.4 Å². The van der Waals surface area contributed by atoms with Crippen LogP contribution >= 0.6 is 0 Å². The Morgan fingerprint density at radius 1 is 1.39 bits per heavy atom. The molecule has 1 fully saturated rings. The molecule has 0 radical (unpaired) electrons. The van der Waals surface area contributed by atoms with Gasteiger partial charge in [0.1, 0.15) is 5.75 Å². The number of carboxylic acid groups (broad SMARTS) is 1. The molecule has 8 nitrogen and oxygen atoms in total. The molecule has 3 N–H and O–H groups in total. The molecular weight excluding hydrogens is 362 g/mol. The normalized spacial score (nSPS) is 25.2. The number of anilines is 1. The summed E-state index contributed by atoms with van der Waals surface area (Å²) in [5.74, 6) is -0.824. The van der Waals surface area contributed by atoms with Crippen molar-refractivity contribution in [2.24, 2.45) is 11.8 Å². The molecule has 1 aromatic rings. The number of carbonyl (C=O) groups is 3. The summed E-state index contributed by atoms with van der Waals surface area (Å²) < 4.78 is 5.76. The summed E-state index contributed by atoms with van der Waals surface area (Å²) >= 11 is 0. The van der Waals surface area contributed by atoms with Gasteiger partial charge in [0.2, 0.25) is 0 Å². The molecule has 2 aliphatic heterocycles. The van der Waals surface area contributed by atoms with E-state index in [1.165, 1.54) is 0 Å². The average Bonchev–Trinajstić information content (AvgIpc) is 2.66. The van der Waals surface area contributed by atoms with Gasteiger partial charge in [-0.25, -0.2) is 4.79 Å². The molecule has 2 aliphatic rings. The number of fused-ring (bicyclic) bond motifs is 1. The number of rotatable bonds is 4. The molecule has 1 aromatic carbocycles. The van der Waals surface area contributed by atoms with Crippen LogP contribution in [0.5, 0.6) is 5.75 Å². The van der Waals surface area contributed by atoms with Gasteiger partial charge in [0.25, 0.3) is 5.91 Å². The molecule has 8 heteroatoms. The van der Waals surface area contributed by atoms with E-state index in [-0.39, 0.29) is 30.4 Å². The molecule has 0 spiro atoms. The van der Waals surface area contributed by atoms with E-state index in [4.69, 9.17) is 4.74 Å². The van der Waals surface area contributed by atoms with Crippen molar-refractivity contribution in [2.45, 2.75) is 45.8 Å². The predicted molar refractivity (Wildman–Crippen MR) is 103 cm³/mol. The highest BCUT2D eigenvalue weighted by Crippen LogP contribution is 2.33. The van der Waals surface area contributed by atoms with Crippen molar-refractivity contribution in [3.05, 3.63) is 23.8 Å². The van der Waals surface area contributed by atoms with Crippen LogP contribution in [-0.4, -0.2) is 47.1 Å². The monoisotopic (exact) mass is 389 g/mol. The van der Waals surface area contributed by atoms with E-state index in [0.29, 0.717) is 30.8 Å². The molecule has 4 atom stereocenters. The van der Waals surface area contributed by atoms with Crippen molar-refractivity contribution in [3.8, 4) is 5.75 Å². The van der Waals surface area contributed by atoms with Crippen LogP contribution in [0.2, 0.25) is 0 Å². The van der Waals surface area contributed by atoms with Gasteiger partial charge in [0.05, 0.1) is 17.6 Å². The van der Waals surface area contributed by atoms with Gasteiger partial charge in [-0.3, -0.25) is 9.59 Å². The Morgan fingerprint density at radius 3 is 2.82 bits per heavy atom. The molecule has 28 heavy (non-hydrogen) atoms. The second-order valence-corrected chi connectivity index (χ2v) is 7.71. The van der Waals surface area contributed by atoms with Crippen molar-refractivity contribution < 1.29 is 24.2 Å². The first-order valence-corrected chi connectivity index (χ1v) is 9.68. The number of aliphatic carboxylic acids is 1. The summed E-state index contributed by atoms with van der Waals surface area (Å²) in [5.41, 5.74) is 1.46. The zero-order valence-electron chi connectivity index (χ0n) is 16.4. The fourth-order valence-corrected chi connectivity index (χ4v) is 3.75. The van der Waals surface area contributed by atoms with Gasteiger partial charge < -0.3 is 25.4 Å². The molecule has 0 aromatic heterocycles. The zero-order chi connectivity index (χ0) is 20.4. The fourth-order valence-electron chi connectivity index (χ4n) is 3.75. The number of carbonyl (C=O) groups excluding carboxylic acids is 2. The first-order chi connectivity index (χ1) is 13.3. The van der Waals surface area contributed by atoms with Crippen LogP contribution in [0.4, 0.5) is 10.5 Å². The maximum atomic E-state index is 12.7. The van der Waals surface area contributed by atoms with Crippen molar-refractivity contribution >= 4 is 23.6 Å². The summed E-state index contributed by atoms with van der Waals surface area (Å²) in [4.78, 5) is 37.4. The summed E-state index contributed by atoms with van der Waals surface area (Å²) in [6.07, 6.45) is 0.635. The first kappa shape index (κ1) is 20.0. The third-order valence-corrected chi connectivity index (χ3v) is 5.33. The summed E-state index contributed by atoms with van der Waals surface area (Å²) in [6, 6.07) is 4.85. The molecule has 3 rings (SSSR count). The molecule has 152 valence electrons. The number of likely N-dealkylation sites (tertiary alicyclic amines) is 1. The second kappa shape index (κ2) is 8.08. The number of urea groups is 1. The number of amides is 3. The van der Waals surface area contributed by atoms with Gasteiger partial charge in [-0.15, -0.1) is 0 Å². The standard InChI is InChI=1S/C20H27N3O5/c1-4-16-18(24)22-15-6-5-13(8-17(15)28-16)12(3)21-20(27)23-9-11(2)7-14(10-23)19(25)26/h5-6,8,11-12,14,16H,4,7,9-10H2,1-3H3,(H,21,27)(H,22,24)(H,25,26). The van der Waals surface area contributed by atoms with Gasteiger partial charge in [0, 0.05) is 13.1 Å². The molecule has 3 amide bonds. The highest BCUT2D eigenvalue weighted by Gasteiger charge is 2.32. The van der Waals surface area contributed by atoms with Gasteiger partial charge in [0.15, 0.2) is 6.10 Å². The highest BCUT2D eigenvalue weighted by atomic mass is 16.5. The van der Waals surface area contributed by atoms with E-state index in [1.54, 1.807) is 11.0 Å². The summed E-state index contributed by atoms with van der Waals surface area (Å²) in [6.45, 7) is 6.46. The lowest BCUT2D eigenvalue weighted by atomic mass is 9.91. The SMILES string of the molecule is CCC1Oc2cc(C(C)NC(=O)N3CC(C)CC(C(=O)O)C3)ccc2NC1=O. The van der Waals surface area contributed by atoms with Crippen LogP contribution in [0.1, 0.15) is 45.2 Å². The van der Waals surface area contributed by atoms with E-state index in [9.17, 15) is 19.5 Å². The second-order valence-electron chi connectivity index (χ2n) is 7.71. The number of piperidine rings is 1. The Kier molecular flexibility index (Phi) is 5.76. The van der Waals surface area contributed by atoms with Gasteiger partial charge in [-0.1, -0.05) is 19.9 Å². The lowest BCUT2D eigenvalue weighted by molar-refractivity contribution is -0.143. The topological polar surface area (TPSA) is 108 Å². The van der Waals surface area contributed by atoms with Crippen molar-refractivity contribution in [1.82, 2.24) is 10.2 Å². The fraction of sp³-hybridized carbons (Fsp3) is 0.550. The number of nitrogens with zero attached hydrogens (tertiary/aromatic N) is 1. The van der Waals surface area contributed by atoms with Crippen molar-refractivity contribution in [3.63, 3.8) is 0 Å². The van der Waals surface area contributed by atoms with E-state index < -0.39 is 18.0 Å². The molecule has 0 aliphatic carbocycles. The molecule has 4 unspecified atom stereocenters. The largest absolute Gasteiger partial charge is 0.481 e. The third kappa shape index (κ3) is 4.21. The van der Waals surface area contributed by atoms with E-state index in [0.717, 1.165) is 5.56 Å². The predicted octanol–water partition coefficient (Wildman–Crippen LogP) is 2.61. The number of hydrogen-bond acceptors (Lipinski definition) is 4. The van der Waals surface area contributed by atoms with E-state index in [2.05, 4.69) is 10.6 Å². The molecule has 1 saturated heterocycles. The molecular formula is C20H27N3O5. The minimum absolute atomic E-state index is 0.141. The van der Waals surface area contributed by atoms with Crippen LogP contribution in [-0.2, 0) is 9.59 Å². The number of benzene rings is 1. The number of ether oxygens (including phenoxy) is 1. The van der Waals surface area contributed by atoms with Crippen LogP contribution in [0.3, 0.4) is 0 Å². The molecule has 0 saturated carbocycles. The minimum atomic E-state index is -0.864. The Labute approximate surface area is 164 Å². The first-order valence-electron chi connectivity index (χ1n) is 9.68. The third-order valence-electron chi connectivity index (χ3n) is 5.33. The number of carboxylic acids is 1. The van der Waals surface area contributed by atoms with Crippen LogP contribution in [0.25, 0.3) is 0 Å². The average molecular weight is 389 g/mol. The molecule has 0 bridgehead atoms. The smallest absolute Gasteiger partial charge is 0.317 e. The van der Waals surface area contributed by atoms with Gasteiger partial charge in [-0.05, 0) is 43.4 Å². The minimum Gasteiger partial charge on any atom is -0.481 e. The van der Waals surface area contributed by atoms with E-state index in [1.807, 2.05) is 32.9 Å². The van der Waals surface area contributed by atoms with E-state index >= 15 is 0 Å².